The lowest BCUT2D eigenvalue weighted by Crippen LogP contribution is -2.41. The van der Waals surface area contributed by atoms with Crippen LogP contribution in [0.1, 0.15) is 12.5 Å². The molecule has 12 heteroatoms. The number of nitrogens with one attached hydrogen (secondary N) is 1. The molecule has 1 aliphatic heterocycles. The molecule has 2 heterocycles. The van der Waals surface area contributed by atoms with Crippen molar-refractivity contribution in [3.05, 3.63) is 73.5 Å². The summed E-state index contributed by atoms with van der Waals surface area (Å²) in [6.45, 7) is 1.11. The maximum Gasteiger partial charge on any atom is 0.586 e. The number of hydrogen-bond acceptors (Lipinski definition) is 6. The van der Waals surface area contributed by atoms with E-state index in [2.05, 4.69) is 35.8 Å². The van der Waals surface area contributed by atoms with Crippen LogP contribution in [0.3, 0.4) is 0 Å². The Morgan fingerprint density at radius 3 is 2.65 bits per heavy atom. The van der Waals surface area contributed by atoms with Gasteiger partial charge in [0.15, 0.2) is 16.1 Å². The zero-order valence-electron chi connectivity index (χ0n) is 15.8. The van der Waals surface area contributed by atoms with Gasteiger partial charge in [-0.2, -0.15) is 9.78 Å². The minimum atomic E-state index is -3.77. The number of alkyl halides is 2. The minimum Gasteiger partial charge on any atom is -0.395 e. The van der Waals surface area contributed by atoms with E-state index in [1.165, 1.54) is 31.2 Å². The summed E-state index contributed by atoms with van der Waals surface area (Å²) in [6.07, 6.45) is -3.77. The molecule has 1 aliphatic rings. The maximum atomic E-state index is 13.2. The number of hydrogen-bond donors (Lipinski definition) is 1. The Hall–Kier alpha value is -3.54. The minimum absolute atomic E-state index is 0.135. The number of nitrogens with zero attached hydrogens (tertiary/aromatic N) is 3. The molecule has 0 spiro atoms. The van der Waals surface area contributed by atoms with Crippen molar-refractivity contribution in [2.24, 2.45) is 0 Å². The van der Waals surface area contributed by atoms with Gasteiger partial charge in [0.25, 0.3) is 5.56 Å². The summed E-state index contributed by atoms with van der Waals surface area (Å²) in [7, 11) is 0. The number of amides is 1. The highest BCUT2D eigenvalue weighted by Crippen LogP contribution is 2.41. The van der Waals surface area contributed by atoms with Crippen molar-refractivity contribution in [1.29, 1.82) is 0 Å². The van der Waals surface area contributed by atoms with E-state index in [1.807, 2.05) is 0 Å². The van der Waals surface area contributed by atoms with E-state index >= 15 is 0 Å². The molecule has 3 aromatic rings. The van der Waals surface area contributed by atoms with E-state index in [4.69, 9.17) is 0 Å². The topological polar surface area (TPSA) is 104 Å². The van der Waals surface area contributed by atoms with Crippen LogP contribution in [0.2, 0.25) is 0 Å². The largest absolute Gasteiger partial charge is 0.586 e. The van der Waals surface area contributed by atoms with Crippen LogP contribution in [0.4, 0.5) is 14.5 Å². The Morgan fingerprint density at radius 1 is 1.16 bits per heavy atom. The average molecular weight is 495 g/mol. The molecular weight excluding hydrogens is 482 g/mol. The summed E-state index contributed by atoms with van der Waals surface area (Å²) >= 11 is 3.05. The van der Waals surface area contributed by atoms with Gasteiger partial charge in [-0.05, 0) is 51.8 Å². The molecule has 31 heavy (non-hydrogen) atoms. The van der Waals surface area contributed by atoms with Gasteiger partial charge in [0.05, 0.1) is 12.2 Å². The van der Waals surface area contributed by atoms with Crippen LogP contribution in [0.5, 0.6) is 11.5 Å². The molecule has 1 amide bonds. The number of anilines is 1. The number of aromatic nitrogens is 3. The van der Waals surface area contributed by atoms with Crippen LogP contribution in [-0.2, 0) is 11.3 Å². The molecule has 0 radical (unpaired) electrons. The van der Waals surface area contributed by atoms with E-state index in [9.17, 15) is 23.2 Å². The number of fused-ring (bicyclic) bond motifs is 1. The van der Waals surface area contributed by atoms with Crippen molar-refractivity contribution in [3.63, 3.8) is 0 Å². The monoisotopic (exact) mass is 494 g/mol. The standard InChI is InChI=1S/C19H13BrF2N4O5/c1-10(27)23-12-3-2-4-13(8-12)26-18(29)25(17(28)16(20)24-26)9-11-5-6-14-15(7-11)31-19(21,22)30-14/h2-8H,9H2,1H3,(H,23,27). The van der Waals surface area contributed by atoms with Crippen molar-refractivity contribution < 1.29 is 23.0 Å². The SMILES string of the molecule is CC(=O)Nc1cccc(-n2nc(Br)c(=O)n(Cc3ccc4c(c3)OC(F)(F)O4)c2=O)c1. The number of halogens is 3. The zero-order chi connectivity index (χ0) is 22.3. The second-order valence-corrected chi connectivity index (χ2v) is 7.31. The Bertz CT molecular complexity index is 1320. The highest BCUT2D eigenvalue weighted by atomic mass is 79.9. The predicted octanol–water partition coefficient (Wildman–Crippen LogP) is 2.48. The molecule has 0 atom stereocenters. The smallest absolute Gasteiger partial charge is 0.395 e. The van der Waals surface area contributed by atoms with Gasteiger partial charge in [0, 0.05) is 12.6 Å². The summed E-state index contributed by atoms with van der Waals surface area (Å²) in [5, 5.41) is 6.57. The second kappa shape index (κ2) is 7.61. The first kappa shape index (κ1) is 20.7. The summed E-state index contributed by atoms with van der Waals surface area (Å²) in [5.41, 5.74) is -0.380. The molecule has 0 saturated heterocycles. The lowest BCUT2D eigenvalue weighted by Gasteiger charge is -2.11. The van der Waals surface area contributed by atoms with E-state index in [-0.39, 0.29) is 28.6 Å². The van der Waals surface area contributed by atoms with Gasteiger partial charge < -0.3 is 14.8 Å². The third kappa shape index (κ3) is 4.19. The molecule has 1 N–H and O–H groups in total. The Balaban J connectivity index is 1.74. The quantitative estimate of drug-likeness (QED) is 0.597. The zero-order valence-corrected chi connectivity index (χ0v) is 17.4. The van der Waals surface area contributed by atoms with Gasteiger partial charge in [-0.25, -0.2) is 4.79 Å². The summed E-state index contributed by atoms with van der Waals surface area (Å²) < 4.78 is 37.0. The molecule has 2 aromatic carbocycles. The fourth-order valence-electron chi connectivity index (χ4n) is 2.99. The van der Waals surface area contributed by atoms with Gasteiger partial charge in [-0.15, -0.1) is 8.78 Å². The Morgan fingerprint density at radius 2 is 1.90 bits per heavy atom. The third-order valence-corrected chi connectivity index (χ3v) is 4.74. The number of ether oxygens (including phenoxy) is 2. The fraction of sp³-hybridized carbons (Fsp3) is 0.158. The van der Waals surface area contributed by atoms with Crippen LogP contribution >= 0.6 is 15.9 Å². The van der Waals surface area contributed by atoms with Crippen LogP contribution < -0.4 is 26.0 Å². The molecule has 9 nitrogen and oxygen atoms in total. The van der Waals surface area contributed by atoms with Gasteiger partial charge in [-0.1, -0.05) is 12.1 Å². The number of rotatable bonds is 4. The Labute approximate surface area is 181 Å². The molecule has 0 fully saturated rings. The molecule has 160 valence electrons. The van der Waals surface area contributed by atoms with E-state index in [1.54, 1.807) is 18.2 Å². The molecule has 0 bridgehead atoms. The molecule has 4 rings (SSSR count). The van der Waals surface area contributed by atoms with Crippen molar-refractivity contribution in [2.75, 3.05) is 5.32 Å². The van der Waals surface area contributed by atoms with Gasteiger partial charge in [0.1, 0.15) is 0 Å². The summed E-state index contributed by atoms with van der Waals surface area (Å²) in [5.74, 6) is -0.645. The molecule has 0 saturated carbocycles. The van der Waals surface area contributed by atoms with E-state index in [0.717, 1.165) is 9.25 Å². The molecule has 0 unspecified atom stereocenters. The first-order chi connectivity index (χ1) is 14.6. The van der Waals surface area contributed by atoms with Crippen molar-refractivity contribution >= 4 is 27.5 Å². The van der Waals surface area contributed by atoms with Crippen molar-refractivity contribution in [1.82, 2.24) is 14.3 Å². The van der Waals surface area contributed by atoms with Crippen LogP contribution in [0.25, 0.3) is 5.69 Å². The molecule has 0 aliphatic carbocycles. The first-order valence-corrected chi connectivity index (χ1v) is 9.59. The van der Waals surface area contributed by atoms with Crippen LogP contribution in [0.15, 0.2) is 56.7 Å². The third-order valence-electron chi connectivity index (χ3n) is 4.24. The number of benzene rings is 2. The molecule has 1 aromatic heterocycles. The number of carbonyl (C=O) groups is 1. The summed E-state index contributed by atoms with van der Waals surface area (Å²) in [4.78, 5) is 36.8. The lowest BCUT2D eigenvalue weighted by molar-refractivity contribution is -0.286. The van der Waals surface area contributed by atoms with E-state index < -0.39 is 17.5 Å². The van der Waals surface area contributed by atoms with Gasteiger partial charge in [-0.3, -0.25) is 14.2 Å². The highest BCUT2D eigenvalue weighted by Gasteiger charge is 2.43. The Kier molecular flexibility index (Phi) is 5.09. The highest BCUT2D eigenvalue weighted by molar-refractivity contribution is 9.10. The van der Waals surface area contributed by atoms with Crippen molar-refractivity contribution in [3.8, 4) is 17.2 Å². The lowest BCUT2D eigenvalue weighted by atomic mass is 10.2. The van der Waals surface area contributed by atoms with E-state index in [0.29, 0.717) is 16.9 Å². The summed E-state index contributed by atoms with van der Waals surface area (Å²) in [6, 6.07) is 10.3. The molecular formula is C19H13BrF2N4O5. The van der Waals surface area contributed by atoms with Crippen LogP contribution in [-0.4, -0.2) is 26.5 Å². The van der Waals surface area contributed by atoms with Gasteiger partial charge >= 0.3 is 12.0 Å². The first-order valence-electron chi connectivity index (χ1n) is 8.79. The van der Waals surface area contributed by atoms with Crippen LogP contribution in [0, 0.1) is 0 Å². The second-order valence-electron chi connectivity index (χ2n) is 6.56. The average Bonchev–Trinajstić information content (AvgIpc) is 3.00. The fourth-order valence-corrected chi connectivity index (χ4v) is 3.36. The maximum absolute atomic E-state index is 13.2. The predicted molar refractivity (Wildman–Crippen MR) is 108 cm³/mol. The van der Waals surface area contributed by atoms with Gasteiger partial charge in [0.2, 0.25) is 5.91 Å². The number of carbonyl (C=O) groups excluding carboxylic acids is 1. The normalized spacial score (nSPS) is 13.8. The van der Waals surface area contributed by atoms with Crippen molar-refractivity contribution in [2.45, 2.75) is 19.8 Å².